The lowest BCUT2D eigenvalue weighted by molar-refractivity contribution is 0.0991. The molecule has 26 heavy (non-hydrogen) atoms. The molecule has 2 N–H and O–H groups in total. The molecule has 3 aromatic rings. The van der Waals surface area contributed by atoms with Gasteiger partial charge in [0.1, 0.15) is 0 Å². The van der Waals surface area contributed by atoms with E-state index in [-0.39, 0.29) is 10.9 Å². The van der Waals surface area contributed by atoms with Crippen LogP contribution in [0.1, 0.15) is 10.6 Å². The number of para-hydroxylation sites is 1. The molecule has 0 radical (unpaired) electrons. The molecule has 134 valence electrons. The Morgan fingerprint density at radius 3 is 2.38 bits per heavy atom. The fraction of sp³-hybridized carbons (Fsp3) is 0.0556. The molecule has 0 saturated carbocycles. The molecule has 6 nitrogen and oxygen atoms in total. The molecule has 0 fully saturated rings. The number of furan rings is 1. The predicted molar refractivity (Wildman–Crippen MR) is 99.9 cm³/mol. The molecule has 0 unspecified atom stereocenters. The Labute approximate surface area is 155 Å². The van der Waals surface area contributed by atoms with Crippen LogP contribution in [0.5, 0.6) is 0 Å². The van der Waals surface area contributed by atoms with Crippen molar-refractivity contribution in [2.24, 2.45) is 0 Å². The molecule has 1 heterocycles. The van der Waals surface area contributed by atoms with E-state index in [1.54, 1.807) is 6.07 Å². The Morgan fingerprint density at radius 1 is 0.962 bits per heavy atom. The van der Waals surface area contributed by atoms with Gasteiger partial charge in [0, 0.05) is 9.79 Å². The maximum atomic E-state index is 12.4. The van der Waals surface area contributed by atoms with E-state index in [9.17, 15) is 13.2 Å². The summed E-state index contributed by atoms with van der Waals surface area (Å²) >= 11 is 1.51. The summed E-state index contributed by atoms with van der Waals surface area (Å²) in [6.45, 7) is 0. The molecule has 0 spiro atoms. The molecule has 1 aromatic heterocycles. The quantitative estimate of drug-likeness (QED) is 0.674. The highest BCUT2D eigenvalue weighted by Crippen LogP contribution is 2.33. The summed E-state index contributed by atoms with van der Waals surface area (Å²) < 4.78 is 30.7. The van der Waals surface area contributed by atoms with Crippen LogP contribution in [-0.2, 0) is 10.0 Å². The van der Waals surface area contributed by atoms with Crippen molar-refractivity contribution in [3.8, 4) is 0 Å². The van der Waals surface area contributed by atoms with Crippen molar-refractivity contribution in [2.75, 3.05) is 12.4 Å². The van der Waals surface area contributed by atoms with E-state index in [2.05, 4.69) is 10.0 Å². The zero-order valence-corrected chi connectivity index (χ0v) is 15.4. The van der Waals surface area contributed by atoms with Crippen LogP contribution in [0.2, 0.25) is 0 Å². The van der Waals surface area contributed by atoms with Gasteiger partial charge in [0.2, 0.25) is 5.09 Å². The molecule has 8 heteroatoms. The van der Waals surface area contributed by atoms with Crippen LogP contribution in [0.25, 0.3) is 0 Å². The fourth-order valence-electron chi connectivity index (χ4n) is 2.15. The molecule has 0 aliphatic heterocycles. The van der Waals surface area contributed by atoms with Gasteiger partial charge < -0.3 is 9.73 Å². The Bertz CT molecular complexity index is 1010. The second kappa shape index (κ2) is 7.77. The van der Waals surface area contributed by atoms with Crippen molar-refractivity contribution >= 4 is 33.4 Å². The molecule has 3 rings (SSSR count). The Hall–Kier alpha value is -2.55. The number of anilines is 1. The normalized spacial score (nSPS) is 11.3. The number of nitrogens with one attached hydrogen (secondary N) is 2. The minimum atomic E-state index is -3.73. The molecule has 0 aliphatic carbocycles. The summed E-state index contributed by atoms with van der Waals surface area (Å²) in [7, 11) is -2.46. The lowest BCUT2D eigenvalue weighted by atomic mass is 10.3. The van der Waals surface area contributed by atoms with Gasteiger partial charge in [-0.25, -0.2) is 13.1 Å². The van der Waals surface area contributed by atoms with Gasteiger partial charge in [-0.2, -0.15) is 0 Å². The largest absolute Gasteiger partial charge is 0.438 e. The van der Waals surface area contributed by atoms with Crippen LogP contribution >= 0.6 is 11.8 Å². The van der Waals surface area contributed by atoms with E-state index in [1.165, 1.54) is 30.9 Å². The van der Waals surface area contributed by atoms with Gasteiger partial charge in [-0.3, -0.25) is 4.79 Å². The van der Waals surface area contributed by atoms with Crippen LogP contribution in [0.4, 0.5) is 5.69 Å². The summed E-state index contributed by atoms with van der Waals surface area (Å²) in [5, 5.41) is 2.45. The molecule has 0 bridgehead atoms. The number of hydrogen-bond donors (Lipinski definition) is 2. The number of benzene rings is 2. The summed E-state index contributed by atoms with van der Waals surface area (Å²) in [4.78, 5) is 14.3. The Kier molecular flexibility index (Phi) is 5.46. The van der Waals surface area contributed by atoms with E-state index >= 15 is 0 Å². The van der Waals surface area contributed by atoms with Gasteiger partial charge in [0.15, 0.2) is 5.76 Å². The highest BCUT2D eigenvalue weighted by Gasteiger charge is 2.20. The third-order valence-corrected chi connectivity index (χ3v) is 5.82. The minimum Gasteiger partial charge on any atom is -0.438 e. The van der Waals surface area contributed by atoms with Crippen LogP contribution in [-0.4, -0.2) is 21.4 Å². The van der Waals surface area contributed by atoms with Gasteiger partial charge in [-0.05, 0) is 43.4 Å². The van der Waals surface area contributed by atoms with Crippen molar-refractivity contribution in [3.05, 3.63) is 72.5 Å². The Balaban J connectivity index is 1.80. The second-order valence-electron chi connectivity index (χ2n) is 5.19. The van der Waals surface area contributed by atoms with Crippen LogP contribution in [0, 0.1) is 0 Å². The van der Waals surface area contributed by atoms with Gasteiger partial charge in [0.05, 0.1) is 5.69 Å². The lowest BCUT2D eigenvalue weighted by Crippen LogP contribution is -2.18. The number of carbonyl (C=O) groups is 1. The van der Waals surface area contributed by atoms with Gasteiger partial charge >= 0.3 is 0 Å². The topological polar surface area (TPSA) is 88.4 Å². The molecule has 0 aliphatic rings. The molecule has 0 saturated heterocycles. The van der Waals surface area contributed by atoms with Crippen molar-refractivity contribution < 1.29 is 17.6 Å². The van der Waals surface area contributed by atoms with Gasteiger partial charge in [-0.15, -0.1) is 0 Å². The third kappa shape index (κ3) is 4.16. The van der Waals surface area contributed by atoms with E-state index in [0.717, 1.165) is 9.79 Å². The number of carbonyl (C=O) groups excluding carboxylic acids is 1. The molecule has 2 aromatic carbocycles. The summed E-state index contributed by atoms with van der Waals surface area (Å²) in [5.74, 6) is -0.609. The number of hydrogen-bond acceptors (Lipinski definition) is 5. The van der Waals surface area contributed by atoms with Crippen molar-refractivity contribution in [2.45, 2.75) is 14.9 Å². The first-order chi connectivity index (χ1) is 12.5. The van der Waals surface area contributed by atoms with Crippen LogP contribution in [0.15, 0.2) is 86.0 Å². The second-order valence-corrected chi connectivity index (χ2v) is 8.12. The van der Waals surface area contributed by atoms with E-state index in [4.69, 9.17) is 4.42 Å². The third-order valence-electron chi connectivity index (χ3n) is 3.44. The maximum Gasteiger partial charge on any atom is 0.291 e. The van der Waals surface area contributed by atoms with E-state index < -0.39 is 15.9 Å². The first-order valence-corrected chi connectivity index (χ1v) is 9.96. The van der Waals surface area contributed by atoms with E-state index in [0.29, 0.717) is 5.69 Å². The van der Waals surface area contributed by atoms with Crippen molar-refractivity contribution in [3.63, 3.8) is 0 Å². The SMILES string of the molecule is CNS(=O)(=O)c1ccc(C(=O)Nc2ccccc2Sc2ccccc2)o1. The highest BCUT2D eigenvalue weighted by molar-refractivity contribution is 7.99. The monoisotopic (exact) mass is 388 g/mol. The van der Waals surface area contributed by atoms with Gasteiger partial charge in [-0.1, -0.05) is 42.1 Å². The standard InChI is InChI=1S/C18H16N2O4S2/c1-19-26(22,23)17-12-11-15(24-17)18(21)20-14-9-5-6-10-16(14)25-13-7-3-2-4-8-13/h2-12,19H,1H3,(H,20,21). The molecule has 0 atom stereocenters. The minimum absolute atomic E-state index is 0.0849. The summed E-state index contributed by atoms with van der Waals surface area (Å²) in [5.41, 5.74) is 0.612. The number of rotatable bonds is 6. The highest BCUT2D eigenvalue weighted by atomic mass is 32.2. The molecule has 1 amide bonds. The van der Waals surface area contributed by atoms with Crippen molar-refractivity contribution in [1.82, 2.24) is 4.72 Å². The Morgan fingerprint density at radius 2 is 1.65 bits per heavy atom. The van der Waals surface area contributed by atoms with E-state index in [1.807, 2.05) is 48.5 Å². The molecular weight excluding hydrogens is 372 g/mol. The zero-order valence-electron chi connectivity index (χ0n) is 13.8. The average Bonchev–Trinajstić information content (AvgIpc) is 3.15. The van der Waals surface area contributed by atoms with Crippen LogP contribution < -0.4 is 10.0 Å². The average molecular weight is 388 g/mol. The first-order valence-electron chi connectivity index (χ1n) is 7.66. The van der Waals surface area contributed by atoms with Gasteiger partial charge in [0.25, 0.3) is 15.9 Å². The maximum absolute atomic E-state index is 12.4. The number of sulfonamides is 1. The fourth-order valence-corrected chi connectivity index (χ4v) is 3.72. The van der Waals surface area contributed by atoms with Crippen LogP contribution in [0.3, 0.4) is 0 Å². The molecular formula is C18H16N2O4S2. The summed E-state index contributed by atoms with van der Waals surface area (Å²) in [6, 6.07) is 19.7. The number of amides is 1. The first kappa shape index (κ1) is 18.2. The predicted octanol–water partition coefficient (Wildman–Crippen LogP) is 3.59. The lowest BCUT2D eigenvalue weighted by Gasteiger charge is -2.09. The smallest absolute Gasteiger partial charge is 0.291 e. The zero-order chi connectivity index (χ0) is 18.6. The van der Waals surface area contributed by atoms with Crippen molar-refractivity contribution in [1.29, 1.82) is 0 Å². The summed E-state index contributed by atoms with van der Waals surface area (Å²) in [6.07, 6.45) is 0.